The Bertz CT molecular complexity index is 467. The van der Waals surface area contributed by atoms with Gasteiger partial charge in [0.2, 0.25) is 0 Å². The monoisotopic (exact) mass is 279 g/mol. The predicted octanol–water partition coefficient (Wildman–Crippen LogP) is 3.11. The van der Waals surface area contributed by atoms with Crippen LogP contribution in [0.5, 0.6) is 5.75 Å². The summed E-state index contributed by atoms with van der Waals surface area (Å²) < 4.78 is 0.190. The third-order valence-corrected chi connectivity index (χ3v) is 5.34. The van der Waals surface area contributed by atoms with Gasteiger partial charge in [0, 0.05) is 11.3 Å². The van der Waals surface area contributed by atoms with Gasteiger partial charge < -0.3 is 10.4 Å². The number of amides is 1. The standard InChI is InChI=1S/C15H21NO2S/c1-11-5-6-12(13(17)9-11)14(18)16-10-15(19-2)7-3-4-8-15/h5-6,9,17H,3-4,7-8,10H2,1-2H3,(H,16,18). The van der Waals surface area contributed by atoms with Gasteiger partial charge in [-0.1, -0.05) is 18.9 Å². The number of hydrogen-bond acceptors (Lipinski definition) is 3. The highest BCUT2D eigenvalue weighted by atomic mass is 32.2. The predicted molar refractivity (Wildman–Crippen MR) is 79.9 cm³/mol. The Labute approximate surface area is 118 Å². The Morgan fingerprint density at radius 2 is 2.11 bits per heavy atom. The molecule has 1 aromatic rings. The average Bonchev–Trinajstić information content (AvgIpc) is 2.85. The zero-order valence-corrected chi connectivity index (χ0v) is 12.3. The Hall–Kier alpha value is -1.16. The lowest BCUT2D eigenvalue weighted by molar-refractivity contribution is 0.0947. The van der Waals surface area contributed by atoms with Crippen LogP contribution in [-0.4, -0.2) is 28.6 Å². The second-order valence-electron chi connectivity index (χ2n) is 5.30. The van der Waals surface area contributed by atoms with Crippen LogP contribution in [0.25, 0.3) is 0 Å². The third kappa shape index (κ3) is 3.24. The molecular formula is C15H21NO2S. The van der Waals surface area contributed by atoms with Crippen molar-refractivity contribution in [1.29, 1.82) is 0 Å². The van der Waals surface area contributed by atoms with E-state index < -0.39 is 0 Å². The lowest BCUT2D eigenvalue weighted by atomic mass is 10.1. The van der Waals surface area contributed by atoms with E-state index >= 15 is 0 Å². The average molecular weight is 279 g/mol. The number of rotatable bonds is 4. The largest absolute Gasteiger partial charge is 0.507 e. The second-order valence-corrected chi connectivity index (χ2v) is 6.57. The number of aromatic hydroxyl groups is 1. The Kier molecular flexibility index (Phi) is 4.40. The number of phenolic OH excluding ortho intramolecular Hbond substituents is 1. The van der Waals surface area contributed by atoms with Crippen molar-refractivity contribution in [3.05, 3.63) is 29.3 Å². The zero-order valence-electron chi connectivity index (χ0n) is 11.5. The highest BCUT2D eigenvalue weighted by Crippen LogP contribution is 2.39. The van der Waals surface area contributed by atoms with Crippen molar-refractivity contribution in [2.75, 3.05) is 12.8 Å². The van der Waals surface area contributed by atoms with E-state index in [0.717, 1.165) is 18.4 Å². The van der Waals surface area contributed by atoms with Gasteiger partial charge in [-0.05, 0) is 43.7 Å². The molecule has 0 heterocycles. The van der Waals surface area contributed by atoms with Crippen molar-refractivity contribution in [2.24, 2.45) is 0 Å². The summed E-state index contributed by atoms with van der Waals surface area (Å²) in [4.78, 5) is 12.1. The molecule has 1 aliphatic carbocycles. The molecule has 104 valence electrons. The lowest BCUT2D eigenvalue weighted by Gasteiger charge is -2.27. The molecule has 3 nitrogen and oxygen atoms in total. The smallest absolute Gasteiger partial charge is 0.255 e. The summed E-state index contributed by atoms with van der Waals surface area (Å²) in [6.07, 6.45) is 6.92. The fraction of sp³-hybridized carbons (Fsp3) is 0.533. The number of aryl methyl sites for hydroxylation is 1. The van der Waals surface area contributed by atoms with Crippen molar-refractivity contribution in [3.63, 3.8) is 0 Å². The molecule has 0 spiro atoms. The number of phenols is 1. The van der Waals surface area contributed by atoms with Gasteiger partial charge in [0.05, 0.1) is 5.56 Å². The van der Waals surface area contributed by atoms with Crippen LogP contribution in [0.15, 0.2) is 18.2 Å². The molecule has 1 aliphatic rings. The van der Waals surface area contributed by atoms with Gasteiger partial charge in [0.25, 0.3) is 5.91 Å². The van der Waals surface area contributed by atoms with Gasteiger partial charge in [0.1, 0.15) is 5.75 Å². The third-order valence-electron chi connectivity index (χ3n) is 3.92. The molecular weight excluding hydrogens is 258 g/mol. The van der Waals surface area contributed by atoms with Crippen molar-refractivity contribution in [1.82, 2.24) is 5.32 Å². The normalized spacial score (nSPS) is 17.4. The molecule has 19 heavy (non-hydrogen) atoms. The molecule has 4 heteroatoms. The molecule has 0 saturated heterocycles. The second kappa shape index (κ2) is 5.87. The van der Waals surface area contributed by atoms with E-state index in [9.17, 15) is 9.90 Å². The van der Waals surface area contributed by atoms with Crippen LogP contribution in [0.1, 0.15) is 41.6 Å². The molecule has 2 rings (SSSR count). The quantitative estimate of drug-likeness (QED) is 0.890. The van der Waals surface area contributed by atoms with Gasteiger partial charge in [-0.15, -0.1) is 0 Å². The molecule has 2 N–H and O–H groups in total. The fourth-order valence-electron chi connectivity index (χ4n) is 2.64. The van der Waals surface area contributed by atoms with Crippen LogP contribution in [0, 0.1) is 6.92 Å². The number of thioether (sulfide) groups is 1. The Morgan fingerprint density at radius 1 is 1.42 bits per heavy atom. The molecule has 0 aromatic heterocycles. The molecule has 0 aliphatic heterocycles. The molecule has 0 radical (unpaired) electrons. The minimum atomic E-state index is -0.183. The number of benzene rings is 1. The number of carbonyl (C=O) groups excluding carboxylic acids is 1. The van der Waals surface area contributed by atoms with Gasteiger partial charge in [-0.2, -0.15) is 11.8 Å². The number of hydrogen-bond donors (Lipinski definition) is 2. The molecule has 1 amide bonds. The van der Waals surface area contributed by atoms with Crippen LogP contribution < -0.4 is 5.32 Å². The minimum absolute atomic E-state index is 0.0575. The van der Waals surface area contributed by atoms with Gasteiger partial charge >= 0.3 is 0 Å². The first-order chi connectivity index (χ1) is 9.06. The van der Waals surface area contributed by atoms with Gasteiger partial charge in [0.15, 0.2) is 0 Å². The zero-order chi connectivity index (χ0) is 13.9. The van der Waals surface area contributed by atoms with E-state index in [4.69, 9.17) is 0 Å². The first-order valence-corrected chi connectivity index (χ1v) is 7.92. The van der Waals surface area contributed by atoms with Crippen LogP contribution in [-0.2, 0) is 0 Å². The highest BCUT2D eigenvalue weighted by Gasteiger charge is 2.33. The fourth-order valence-corrected chi connectivity index (χ4v) is 3.56. The first kappa shape index (κ1) is 14.3. The molecule has 0 bridgehead atoms. The van der Waals surface area contributed by atoms with E-state index in [1.165, 1.54) is 12.8 Å². The summed E-state index contributed by atoms with van der Waals surface area (Å²) >= 11 is 1.85. The van der Waals surface area contributed by atoms with Crippen LogP contribution in [0.2, 0.25) is 0 Å². The van der Waals surface area contributed by atoms with Crippen LogP contribution in [0.4, 0.5) is 0 Å². The summed E-state index contributed by atoms with van der Waals surface area (Å²) in [5.41, 5.74) is 1.31. The first-order valence-electron chi connectivity index (χ1n) is 6.69. The van der Waals surface area contributed by atoms with E-state index in [1.54, 1.807) is 12.1 Å². The van der Waals surface area contributed by atoms with Crippen molar-refractivity contribution < 1.29 is 9.90 Å². The maximum Gasteiger partial charge on any atom is 0.255 e. The van der Waals surface area contributed by atoms with E-state index in [2.05, 4.69) is 11.6 Å². The minimum Gasteiger partial charge on any atom is -0.507 e. The van der Waals surface area contributed by atoms with Crippen LogP contribution in [0.3, 0.4) is 0 Å². The summed E-state index contributed by atoms with van der Waals surface area (Å²) in [6.45, 7) is 2.57. The molecule has 1 saturated carbocycles. The number of carbonyl (C=O) groups is 1. The maximum absolute atomic E-state index is 12.1. The topological polar surface area (TPSA) is 49.3 Å². The number of nitrogens with one attached hydrogen (secondary N) is 1. The summed E-state index contributed by atoms with van der Waals surface area (Å²) in [7, 11) is 0. The van der Waals surface area contributed by atoms with Crippen molar-refractivity contribution >= 4 is 17.7 Å². The van der Waals surface area contributed by atoms with E-state index in [-0.39, 0.29) is 16.4 Å². The summed E-state index contributed by atoms with van der Waals surface area (Å²) in [5, 5.41) is 12.8. The van der Waals surface area contributed by atoms with Crippen LogP contribution >= 0.6 is 11.8 Å². The van der Waals surface area contributed by atoms with E-state index in [1.807, 2.05) is 24.8 Å². The molecule has 1 aromatic carbocycles. The summed E-state index contributed by atoms with van der Waals surface area (Å²) in [5.74, 6) is -0.125. The van der Waals surface area contributed by atoms with Crippen molar-refractivity contribution in [3.8, 4) is 5.75 Å². The molecule has 1 fully saturated rings. The molecule has 0 atom stereocenters. The molecule has 0 unspecified atom stereocenters. The highest BCUT2D eigenvalue weighted by molar-refractivity contribution is 8.00. The van der Waals surface area contributed by atoms with Crippen molar-refractivity contribution in [2.45, 2.75) is 37.4 Å². The Morgan fingerprint density at radius 3 is 2.68 bits per heavy atom. The lowest BCUT2D eigenvalue weighted by Crippen LogP contribution is -2.38. The van der Waals surface area contributed by atoms with Gasteiger partial charge in [-0.3, -0.25) is 4.79 Å². The maximum atomic E-state index is 12.1. The SMILES string of the molecule is CSC1(CNC(=O)c2ccc(C)cc2O)CCCC1. The Balaban J connectivity index is 2.01. The van der Waals surface area contributed by atoms with Gasteiger partial charge in [-0.25, -0.2) is 0 Å². The summed E-state index contributed by atoms with van der Waals surface area (Å²) in [6, 6.07) is 5.14. The van der Waals surface area contributed by atoms with E-state index in [0.29, 0.717) is 12.1 Å².